The van der Waals surface area contributed by atoms with Crippen molar-refractivity contribution in [2.45, 2.75) is 19.5 Å². The molecule has 0 saturated carbocycles. The van der Waals surface area contributed by atoms with Gasteiger partial charge in [0, 0.05) is 28.5 Å². The van der Waals surface area contributed by atoms with Gasteiger partial charge in [0.2, 0.25) is 0 Å². The zero-order valence-corrected chi connectivity index (χ0v) is 12.8. The quantitative estimate of drug-likeness (QED) is 0.873. The number of benzene rings is 1. The lowest BCUT2D eigenvalue weighted by atomic mass is 10.1. The van der Waals surface area contributed by atoms with Crippen LogP contribution < -0.4 is 5.32 Å². The summed E-state index contributed by atoms with van der Waals surface area (Å²) in [4.78, 5) is 0. The number of aliphatic hydroxyl groups is 1. The summed E-state index contributed by atoms with van der Waals surface area (Å²) in [6.07, 6.45) is 3.70. The number of aryl methyl sites for hydroxylation is 1. The molecule has 0 aliphatic rings. The predicted octanol–water partition coefficient (Wildman–Crippen LogP) is 3.46. The number of hydrogen-bond acceptors (Lipinski definition) is 3. The van der Waals surface area contributed by atoms with Crippen molar-refractivity contribution in [3.8, 4) is 0 Å². The first-order valence-corrected chi connectivity index (χ1v) is 7.16. The summed E-state index contributed by atoms with van der Waals surface area (Å²) < 4.78 is 2.65. The Labute approximate surface area is 125 Å². The van der Waals surface area contributed by atoms with E-state index in [-0.39, 0.29) is 12.6 Å². The van der Waals surface area contributed by atoms with Gasteiger partial charge in [0.15, 0.2) is 0 Å². The van der Waals surface area contributed by atoms with E-state index >= 15 is 0 Å². The molecular formula is C13H15BrClN3O. The van der Waals surface area contributed by atoms with Crippen molar-refractivity contribution in [1.29, 1.82) is 0 Å². The van der Waals surface area contributed by atoms with E-state index in [0.717, 1.165) is 22.3 Å². The Hall–Kier alpha value is -1.04. The van der Waals surface area contributed by atoms with Gasteiger partial charge in [-0.3, -0.25) is 4.68 Å². The van der Waals surface area contributed by atoms with Crippen molar-refractivity contribution < 1.29 is 5.11 Å². The van der Waals surface area contributed by atoms with E-state index in [4.69, 9.17) is 11.6 Å². The third-order valence-corrected chi connectivity index (χ3v) is 4.04. The summed E-state index contributed by atoms with van der Waals surface area (Å²) in [5, 5.41) is 17.6. The van der Waals surface area contributed by atoms with Crippen LogP contribution in [0.1, 0.15) is 18.5 Å². The van der Waals surface area contributed by atoms with Crippen molar-refractivity contribution in [3.05, 3.63) is 45.7 Å². The van der Waals surface area contributed by atoms with Crippen LogP contribution in [0.2, 0.25) is 5.02 Å². The number of nitrogens with one attached hydrogen (secondary N) is 1. The predicted molar refractivity (Wildman–Crippen MR) is 80.5 cm³/mol. The summed E-state index contributed by atoms with van der Waals surface area (Å²) in [5.74, 6) is 0. The summed E-state index contributed by atoms with van der Waals surface area (Å²) >= 11 is 9.33. The molecule has 6 heteroatoms. The minimum absolute atomic E-state index is 0.00431. The smallest absolute Gasteiger partial charge is 0.0775 e. The molecular weight excluding hydrogens is 330 g/mol. The van der Waals surface area contributed by atoms with Gasteiger partial charge < -0.3 is 10.4 Å². The number of rotatable bonds is 5. The SMILES string of the molecule is CCn1cc(C(CO)Nc2ccc(Cl)c(Br)c2)cn1. The monoisotopic (exact) mass is 343 g/mol. The van der Waals surface area contributed by atoms with E-state index in [9.17, 15) is 5.11 Å². The molecule has 2 rings (SSSR count). The molecule has 0 aliphatic carbocycles. The van der Waals surface area contributed by atoms with E-state index in [1.54, 1.807) is 12.3 Å². The molecule has 0 bridgehead atoms. The topological polar surface area (TPSA) is 50.1 Å². The maximum Gasteiger partial charge on any atom is 0.0775 e. The van der Waals surface area contributed by atoms with Crippen LogP contribution in [-0.4, -0.2) is 21.5 Å². The van der Waals surface area contributed by atoms with Crippen LogP contribution in [0.15, 0.2) is 35.1 Å². The van der Waals surface area contributed by atoms with Gasteiger partial charge in [0.05, 0.1) is 23.9 Å². The second-order valence-corrected chi connectivity index (χ2v) is 5.40. The first-order valence-electron chi connectivity index (χ1n) is 5.98. The largest absolute Gasteiger partial charge is 0.394 e. The van der Waals surface area contributed by atoms with Crippen LogP contribution in [0, 0.1) is 0 Å². The molecule has 0 spiro atoms. The van der Waals surface area contributed by atoms with E-state index in [2.05, 4.69) is 26.3 Å². The second kappa shape index (κ2) is 6.41. The van der Waals surface area contributed by atoms with Crippen LogP contribution >= 0.6 is 27.5 Å². The number of aromatic nitrogens is 2. The van der Waals surface area contributed by atoms with E-state index in [1.165, 1.54) is 0 Å². The molecule has 1 aromatic heterocycles. The fourth-order valence-corrected chi connectivity index (χ4v) is 2.25. The number of nitrogens with zero attached hydrogens (tertiary/aromatic N) is 2. The van der Waals surface area contributed by atoms with Crippen LogP contribution in [-0.2, 0) is 6.54 Å². The molecule has 1 aromatic carbocycles. The Morgan fingerprint density at radius 3 is 2.89 bits per heavy atom. The third-order valence-electron chi connectivity index (χ3n) is 2.82. The summed E-state index contributed by atoms with van der Waals surface area (Å²) in [7, 11) is 0. The minimum Gasteiger partial charge on any atom is -0.394 e. The first kappa shape index (κ1) is 14.4. The van der Waals surface area contributed by atoms with Gasteiger partial charge in [-0.05, 0) is 41.1 Å². The van der Waals surface area contributed by atoms with Gasteiger partial charge in [0.1, 0.15) is 0 Å². The highest BCUT2D eigenvalue weighted by Gasteiger charge is 2.12. The zero-order valence-electron chi connectivity index (χ0n) is 10.5. The highest BCUT2D eigenvalue weighted by Crippen LogP contribution is 2.27. The highest BCUT2D eigenvalue weighted by atomic mass is 79.9. The number of anilines is 1. The van der Waals surface area contributed by atoms with Crippen molar-refractivity contribution in [3.63, 3.8) is 0 Å². The van der Waals surface area contributed by atoms with Gasteiger partial charge in [-0.1, -0.05) is 11.6 Å². The lowest BCUT2D eigenvalue weighted by molar-refractivity contribution is 0.276. The van der Waals surface area contributed by atoms with Crippen LogP contribution in [0.5, 0.6) is 0 Å². The standard InChI is InChI=1S/C13H15BrClN3O/c1-2-18-7-9(6-16-18)13(8-19)17-10-3-4-12(15)11(14)5-10/h3-7,13,17,19H,2,8H2,1H3. The highest BCUT2D eigenvalue weighted by molar-refractivity contribution is 9.10. The normalized spacial score (nSPS) is 12.4. The van der Waals surface area contributed by atoms with E-state index < -0.39 is 0 Å². The van der Waals surface area contributed by atoms with Gasteiger partial charge in [-0.25, -0.2) is 0 Å². The molecule has 4 nitrogen and oxygen atoms in total. The summed E-state index contributed by atoms with van der Waals surface area (Å²) in [6.45, 7) is 2.83. The van der Waals surface area contributed by atoms with E-state index in [0.29, 0.717) is 5.02 Å². The molecule has 0 radical (unpaired) electrons. The lowest BCUT2D eigenvalue weighted by Gasteiger charge is -2.16. The molecule has 2 N–H and O–H groups in total. The molecule has 0 aliphatic heterocycles. The molecule has 1 unspecified atom stereocenters. The Kier molecular flexibility index (Phi) is 4.85. The molecule has 19 heavy (non-hydrogen) atoms. The fraction of sp³-hybridized carbons (Fsp3) is 0.308. The van der Waals surface area contributed by atoms with Crippen LogP contribution in [0.25, 0.3) is 0 Å². The lowest BCUT2D eigenvalue weighted by Crippen LogP contribution is -2.14. The summed E-state index contributed by atoms with van der Waals surface area (Å²) in [5.41, 5.74) is 1.84. The maximum atomic E-state index is 9.51. The van der Waals surface area contributed by atoms with Crippen molar-refractivity contribution in [1.82, 2.24) is 9.78 Å². The molecule has 0 saturated heterocycles. The van der Waals surface area contributed by atoms with Gasteiger partial charge in [-0.15, -0.1) is 0 Å². The molecule has 0 fully saturated rings. The first-order chi connectivity index (χ1) is 9.13. The van der Waals surface area contributed by atoms with E-state index in [1.807, 2.05) is 29.9 Å². The molecule has 1 heterocycles. The van der Waals surface area contributed by atoms with Crippen molar-refractivity contribution >= 4 is 33.2 Å². The fourth-order valence-electron chi connectivity index (χ4n) is 1.75. The molecule has 102 valence electrons. The van der Waals surface area contributed by atoms with Crippen LogP contribution in [0.3, 0.4) is 0 Å². The Morgan fingerprint density at radius 2 is 2.32 bits per heavy atom. The number of halogens is 2. The van der Waals surface area contributed by atoms with Crippen LogP contribution in [0.4, 0.5) is 5.69 Å². The zero-order chi connectivity index (χ0) is 13.8. The second-order valence-electron chi connectivity index (χ2n) is 4.14. The Morgan fingerprint density at radius 1 is 1.53 bits per heavy atom. The van der Waals surface area contributed by atoms with Crippen molar-refractivity contribution in [2.24, 2.45) is 0 Å². The average Bonchev–Trinajstić information content (AvgIpc) is 2.88. The molecule has 2 aromatic rings. The van der Waals surface area contributed by atoms with Gasteiger partial charge in [0.25, 0.3) is 0 Å². The molecule has 1 atom stereocenters. The number of hydrogen-bond donors (Lipinski definition) is 2. The van der Waals surface area contributed by atoms with Crippen molar-refractivity contribution in [2.75, 3.05) is 11.9 Å². The average molecular weight is 345 g/mol. The molecule has 0 amide bonds. The third kappa shape index (κ3) is 3.49. The maximum absolute atomic E-state index is 9.51. The number of aliphatic hydroxyl groups excluding tert-OH is 1. The van der Waals surface area contributed by atoms with Gasteiger partial charge in [-0.2, -0.15) is 5.10 Å². The Bertz CT molecular complexity index is 559. The van der Waals surface area contributed by atoms with Gasteiger partial charge >= 0.3 is 0 Å². The minimum atomic E-state index is -0.187. The Balaban J connectivity index is 2.16. The summed E-state index contributed by atoms with van der Waals surface area (Å²) in [6, 6.07) is 5.38.